The van der Waals surface area contributed by atoms with Crippen LogP contribution in [0.25, 0.3) is 0 Å². The van der Waals surface area contributed by atoms with Gasteiger partial charge in [0.05, 0.1) is 22.7 Å². The molecule has 7 nitrogen and oxygen atoms in total. The highest BCUT2D eigenvalue weighted by Gasteiger charge is 2.23. The molecule has 1 amide bonds. The first kappa shape index (κ1) is 23.6. The lowest BCUT2D eigenvalue weighted by atomic mass is 9.90. The zero-order valence-electron chi connectivity index (χ0n) is 19.3. The van der Waals surface area contributed by atoms with Gasteiger partial charge in [0.2, 0.25) is 0 Å². The van der Waals surface area contributed by atoms with Crippen LogP contribution >= 0.6 is 0 Å². The summed E-state index contributed by atoms with van der Waals surface area (Å²) in [6.07, 6.45) is 6.35. The topological polar surface area (TPSA) is 91.7 Å². The van der Waals surface area contributed by atoms with Crippen molar-refractivity contribution in [2.75, 3.05) is 18.1 Å². The van der Waals surface area contributed by atoms with Gasteiger partial charge in [-0.25, -0.2) is 8.42 Å². The molecule has 0 radical (unpaired) electrons. The highest BCUT2D eigenvalue weighted by Crippen LogP contribution is 2.25. The summed E-state index contributed by atoms with van der Waals surface area (Å²) in [6, 6.07) is 18.2. The van der Waals surface area contributed by atoms with Gasteiger partial charge in [0.25, 0.3) is 5.91 Å². The van der Waals surface area contributed by atoms with Gasteiger partial charge >= 0.3 is 0 Å². The number of benzene rings is 2. The fourth-order valence-corrected chi connectivity index (χ4v) is 4.64. The number of hydrogen-bond donors (Lipinski definition) is 1. The predicted octanol–water partition coefficient (Wildman–Crippen LogP) is 4.37. The standard InChI is InChI=1S/C26H28N4O3S/c1-3-20-14-16-30(29-25(20)21-8-12-24(13-9-21)34(2,32)33)18-19-6-10-23(11-7-19)28-26(31)22-5-4-15-27-17-22/h4-13,15,17,20H,3,14,16,18H2,1-2H3,(H,28,31). The van der Waals surface area contributed by atoms with E-state index in [4.69, 9.17) is 5.10 Å². The number of hydrazone groups is 1. The third kappa shape index (κ3) is 5.69. The second-order valence-corrected chi connectivity index (χ2v) is 10.5. The Kier molecular flexibility index (Phi) is 7.07. The van der Waals surface area contributed by atoms with E-state index >= 15 is 0 Å². The van der Waals surface area contributed by atoms with Gasteiger partial charge in [-0.05, 0) is 60.4 Å². The van der Waals surface area contributed by atoms with Crippen LogP contribution in [-0.4, -0.2) is 42.8 Å². The summed E-state index contributed by atoms with van der Waals surface area (Å²) >= 11 is 0. The van der Waals surface area contributed by atoms with E-state index in [-0.39, 0.29) is 5.91 Å². The van der Waals surface area contributed by atoms with Gasteiger partial charge in [0, 0.05) is 36.8 Å². The molecule has 3 aromatic rings. The van der Waals surface area contributed by atoms with Crippen molar-refractivity contribution in [1.82, 2.24) is 9.99 Å². The molecule has 4 rings (SSSR count). The minimum absolute atomic E-state index is 0.196. The third-order valence-electron chi connectivity index (χ3n) is 5.94. The quantitative estimate of drug-likeness (QED) is 0.547. The van der Waals surface area contributed by atoms with E-state index in [1.165, 1.54) is 12.5 Å². The van der Waals surface area contributed by atoms with E-state index in [0.717, 1.165) is 41.9 Å². The van der Waals surface area contributed by atoms with Crippen LogP contribution in [0.4, 0.5) is 5.69 Å². The molecule has 1 aliphatic heterocycles. The van der Waals surface area contributed by atoms with Crippen molar-refractivity contribution >= 4 is 27.1 Å². The van der Waals surface area contributed by atoms with Crippen molar-refractivity contribution in [3.63, 3.8) is 0 Å². The Bertz CT molecular complexity index is 1270. The lowest BCUT2D eigenvalue weighted by molar-refractivity contribution is 0.102. The Morgan fingerprint density at radius 1 is 1.09 bits per heavy atom. The highest BCUT2D eigenvalue weighted by molar-refractivity contribution is 7.90. The van der Waals surface area contributed by atoms with Crippen LogP contribution < -0.4 is 5.32 Å². The zero-order valence-corrected chi connectivity index (χ0v) is 20.1. The molecule has 1 aromatic heterocycles. The number of rotatable bonds is 7. The number of carbonyl (C=O) groups excluding carboxylic acids is 1. The molecule has 0 saturated carbocycles. The summed E-state index contributed by atoms with van der Waals surface area (Å²) in [5, 5.41) is 9.86. The molecule has 0 fully saturated rings. The van der Waals surface area contributed by atoms with Crippen molar-refractivity contribution in [1.29, 1.82) is 0 Å². The second kappa shape index (κ2) is 10.2. The fraction of sp³-hybridized carbons (Fsp3) is 0.269. The van der Waals surface area contributed by atoms with Crippen molar-refractivity contribution < 1.29 is 13.2 Å². The number of hydrogen-bond acceptors (Lipinski definition) is 6. The van der Waals surface area contributed by atoms with Crippen LogP contribution in [-0.2, 0) is 16.4 Å². The summed E-state index contributed by atoms with van der Waals surface area (Å²) in [7, 11) is -3.23. The monoisotopic (exact) mass is 476 g/mol. The Morgan fingerprint density at radius 3 is 2.44 bits per heavy atom. The molecular formula is C26H28N4O3S. The smallest absolute Gasteiger partial charge is 0.257 e. The molecule has 0 aliphatic carbocycles. The molecule has 176 valence electrons. The number of aromatic nitrogens is 1. The van der Waals surface area contributed by atoms with Gasteiger partial charge < -0.3 is 5.32 Å². The normalized spacial score (nSPS) is 16.1. The van der Waals surface area contributed by atoms with Gasteiger partial charge in [0.1, 0.15) is 0 Å². The molecule has 0 spiro atoms. The summed E-state index contributed by atoms with van der Waals surface area (Å²) in [4.78, 5) is 16.6. The van der Waals surface area contributed by atoms with Crippen LogP contribution in [0.2, 0.25) is 0 Å². The largest absolute Gasteiger partial charge is 0.322 e. The molecule has 2 aromatic carbocycles. The van der Waals surface area contributed by atoms with Crippen molar-refractivity contribution in [2.24, 2.45) is 11.0 Å². The van der Waals surface area contributed by atoms with E-state index in [2.05, 4.69) is 22.2 Å². The number of carbonyl (C=O) groups is 1. The number of sulfone groups is 1. The van der Waals surface area contributed by atoms with E-state index in [1.807, 2.05) is 36.4 Å². The van der Waals surface area contributed by atoms with Crippen LogP contribution in [0.15, 0.2) is 83.1 Å². The van der Waals surface area contributed by atoms with E-state index in [0.29, 0.717) is 22.9 Å². The molecule has 34 heavy (non-hydrogen) atoms. The van der Waals surface area contributed by atoms with Crippen molar-refractivity contribution in [3.8, 4) is 0 Å². The average molecular weight is 477 g/mol. The number of pyridine rings is 1. The molecule has 0 saturated heterocycles. The SMILES string of the molecule is CCC1CCN(Cc2ccc(NC(=O)c3cccnc3)cc2)N=C1c1ccc(S(C)(=O)=O)cc1. The number of nitrogens with one attached hydrogen (secondary N) is 1. The molecule has 2 heterocycles. The van der Waals surface area contributed by atoms with Crippen molar-refractivity contribution in [3.05, 3.63) is 89.7 Å². The molecule has 1 aliphatic rings. The van der Waals surface area contributed by atoms with Gasteiger partial charge in [-0.2, -0.15) is 5.10 Å². The minimum Gasteiger partial charge on any atom is -0.322 e. The van der Waals surface area contributed by atoms with Crippen LogP contribution in [0.1, 0.15) is 41.3 Å². The number of anilines is 1. The first-order valence-corrected chi connectivity index (χ1v) is 13.2. The highest BCUT2D eigenvalue weighted by atomic mass is 32.2. The Morgan fingerprint density at radius 2 is 1.82 bits per heavy atom. The Labute approximate surface area is 200 Å². The predicted molar refractivity (Wildman–Crippen MR) is 134 cm³/mol. The average Bonchev–Trinajstić information content (AvgIpc) is 2.85. The van der Waals surface area contributed by atoms with Crippen molar-refractivity contribution in [2.45, 2.75) is 31.2 Å². The third-order valence-corrected chi connectivity index (χ3v) is 7.07. The molecular weight excluding hydrogens is 448 g/mol. The maximum Gasteiger partial charge on any atom is 0.257 e. The maximum atomic E-state index is 12.3. The van der Waals surface area contributed by atoms with Gasteiger partial charge in [-0.3, -0.25) is 14.8 Å². The van der Waals surface area contributed by atoms with Gasteiger partial charge in [0.15, 0.2) is 9.84 Å². The van der Waals surface area contributed by atoms with E-state index in [1.54, 1.807) is 30.5 Å². The molecule has 8 heteroatoms. The van der Waals surface area contributed by atoms with Gasteiger partial charge in [-0.1, -0.05) is 31.2 Å². The summed E-state index contributed by atoms with van der Waals surface area (Å²) < 4.78 is 23.6. The molecule has 1 N–H and O–H groups in total. The van der Waals surface area contributed by atoms with E-state index in [9.17, 15) is 13.2 Å². The van der Waals surface area contributed by atoms with E-state index < -0.39 is 9.84 Å². The number of nitrogens with zero attached hydrogens (tertiary/aromatic N) is 3. The lowest BCUT2D eigenvalue weighted by Gasteiger charge is -2.31. The second-order valence-electron chi connectivity index (χ2n) is 8.46. The Hall–Kier alpha value is -3.52. The first-order chi connectivity index (χ1) is 16.3. The first-order valence-electron chi connectivity index (χ1n) is 11.3. The lowest BCUT2D eigenvalue weighted by Crippen LogP contribution is -2.32. The molecule has 1 unspecified atom stereocenters. The van der Waals surface area contributed by atoms with Crippen LogP contribution in [0.5, 0.6) is 0 Å². The van der Waals surface area contributed by atoms with Gasteiger partial charge in [-0.15, -0.1) is 0 Å². The minimum atomic E-state index is -3.23. The molecule has 0 bridgehead atoms. The van der Waals surface area contributed by atoms with Crippen LogP contribution in [0, 0.1) is 5.92 Å². The molecule has 1 atom stereocenters. The Balaban J connectivity index is 1.46. The maximum absolute atomic E-state index is 12.3. The van der Waals surface area contributed by atoms with Crippen LogP contribution in [0.3, 0.4) is 0 Å². The number of amides is 1. The summed E-state index contributed by atoms with van der Waals surface area (Å²) in [5.41, 5.74) is 4.27. The summed E-state index contributed by atoms with van der Waals surface area (Å²) in [6.45, 7) is 3.65. The zero-order chi connectivity index (χ0) is 24.1. The fourth-order valence-electron chi connectivity index (χ4n) is 4.01. The summed E-state index contributed by atoms with van der Waals surface area (Å²) in [5.74, 6) is 0.143.